The molecule has 0 aliphatic rings. The van der Waals surface area contributed by atoms with E-state index in [-0.39, 0.29) is 28.4 Å². The first-order valence-corrected chi connectivity index (χ1v) is 2.12. The lowest BCUT2D eigenvalue weighted by molar-refractivity contribution is 0.212. The highest BCUT2D eigenvalue weighted by Crippen LogP contribution is 1.83. The molecule has 0 radical (unpaired) electrons. The van der Waals surface area contributed by atoms with Crippen LogP contribution in [0.5, 0.6) is 0 Å². The van der Waals surface area contributed by atoms with Crippen LogP contribution in [-0.4, -0.2) is 39.5 Å². The summed E-state index contributed by atoms with van der Waals surface area (Å²) in [7, 11) is 0. The van der Waals surface area contributed by atoms with Crippen molar-refractivity contribution in [1.82, 2.24) is 5.01 Å². The van der Waals surface area contributed by atoms with Gasteiger partial charge in [-0.3, -0.25) is 0 Å². The van der Waals surface area contributed by atoms with Gasteiger partial charge in [0.1, 0.15) is 0 Å². The van der Waals surface area contributed by atoms with Gasteiger partial charge in [-0.05, 0) is 6.92 Å². The predicted molar refractivity (Wildman–Crippen MR) is 42.2 cm³/mol. The predicted octanol–water partition coefficient (Wildman–Crippen LogP) is -3.23. The Balaban J connectivity index is -0.0000000408. The molecule has 0 rings (SSSR count). The first-order valence-electron chi connectivity index (χ1n) is 2.12. The summed E-state index contributed by atoms with van der Waals surface area (Å²) in [6, 6.07) is -0.817. The van der Waals surface area contributed by atoms with Crippen LogP contribution in [0, 0.1) is 4.91 Å². The Bertz CT molecular complexity index is 108. The molecule has 0 aromatic carbocycles. The third kappa shape index (κ3) is 11.5. The van der Waals surface area contributed by atoms with Crippen LogP contribution < -0.4 is 5.73 Å². The SMILES string of the molecule is CCN(N=O)C(N)=O.O.O.O.O. The van der Waals surface area contributed by atoms with Crippen molar-refractivity contribution in [2.24, 2.45) is 11.0 Å². The minimum Gasteiger partial charge on any atom is -0.412 e. The Morgan fingerprint density at radius 1 is 1.33 bits per heavy atom. The summed E-state index contributed by atoms with van der Waals surface area (Å²) in [6.07, 6.45) is 0. The van der Waals surface area contributed by atoms with Crippen molar-refractivity contribution in [3.8, 4) is 0 Å². The van der Waals surface area contributed by atoms with Crippen LogP contribution in [0.3, 0.4) is 0 Å². The van der Waals surface area contributed by atoms with Gasteiger partial charge in [-0.15, -0.1) is 4.91 Å². The van der Waals surface area contributed by atoms with Gasteiger partial charge in [0.05, 0.1) is 5.29 Å². The molecule has 0 atom stereocenters. The lowest BCUT2D eigenvalue weighted by atomic mass is 10.7. The number of urea groups is 1. The first kappa shape index (κ1) is 31.0. The summed E-state index contributed by atoms with van der Waals surface area (Å²) in [4.78, 5) is 19.6. The fourth-order valence-electron chi connectivity index (χ4n) is 0.254. The zero-order valence-electron chi connectivity index (χ0n) is 6.50. The number of nitrogens with two attached hydrogens (primary N) is 1. The van der Waals surface area contributed by atoms with Gasteiger partial charge in [-0.2, -0.15) is 5.01 Å². The highest BCUT2D eigenvalue weighted by molar-refractivity contribution is 5.71. The van der Waals surface area contributed by atoms with Crippen molar-refractivity contribution in [2.75, 3.05) is 6.54 Å². The van der Waals surface area contributed by atoms with Crippen LogP contribution in [-0.2, 0) is 0 Å². The van der Waals surface area contributed by atoms with Gasteiger partial charge in [0, 0.05) is 6.54 Å². The van der Waals surface area contributed by atoms with Gasteiger partial charge in [0.2, 0.25) is 0 Å². The molecule has 0 unspecified atom stereocenters. The van der Waals surface area contributed by atoms with Crippen LogP contribution in [0.15, 0.2) is 5.29 Å². The Morgan fingerprint density at radius 2 is 1.67 bits per heavy atom. The zero-order valence-corrected chi connectivity index (χ0v) is 6.50. The molecule has 0 aliphatic heterocycles. The second-order valence-corrected chi connectivity index (χ2v) is 1.14. The average Bonchev–Trinajstić information content (AvgIpc) is 1.69. The first-order chi connectivity index (χ1) is 3.72. The molecule has 12 heavy (non-hydrogen) atoms. The lowest BCUT2D eigenvalue weighted by Gasteiger charge is -2.03. The third-order valence-corrected chi connectivity index (χ3v) is 0.652. The minimum atomic E-state index is -0.817. The zero-order chi connectivity index (χ0) is 6.57. The van der Waals surface area contributed by atoms with Crippen LogP contribution in [0.1, 0.15) is 6.92 Å². The molecular formula is C3H15N3O6. The van der Waals surface area contributed by atoms with Gasteiger partial charge < -0.3 is 27.6 Å². The standard InChI is InChI=1S/C3H7N3O2.4H2O/c1-2-6(5-8)3(4)7;;;;/h2H2,1H3,(H2,4,7);4*1H2. The average molecular weight is 189 g/mol. The number of primary amides is 1. The van der Waals surface area contributed by atoms with E-state index in [9.17, 15) is 9.70 Å². The molecule has 10 N–H and O–H groups in total. The number of hydrogen-bond acceptors (Lipinski definition) is 3. The van der Waals surface area contributed by atoms with Crippen molar-refractivity contribution in [2.45, 2.75) is 6.92 Å². The van der Waals surface area contributed by atoms with Gasteiger partial charge in [-0.1, -0.05) is 0 Å². The fraction of sp³-hybridized carbons (Fsp3) is 0.667. The van der Waals surface area contributed by atoms with E-state index in [1.807, 2.05) is 0 Å². The molecule has 0 heterocycles. The van der Waals surface area contributed by atoms with E-state index in [4.69, 9.17) is 0 Å². The van der Waals surface area contributed by atoms with Crippen molar-refractivity contribution in [1.29, 1.82) is 0 Å². The number of amides is 2. The molecule has 9 nitrogen and oxygen atoms in total. The summed E-state index contributed by atoms with van der Waals surface area (Å²) in [6.45, 7) is 1.82. The fourth-order valence-corrected chi connectivity index (χ4v) is 0.254. The van der Waals surface area contributed by atoms with Crippen LogP contribution in [0.25, 0.3) is 0 Å². The minimum absolute atomic E-state index is 0. The maximum Gasteiger partial charge on any atom is 0.337 e. The second-order valence-electron chi connectivity index (χ2n) is 1.14. The summed E-state index contributed by atoms with van der Waals surface area (Å²) < 4.78 is 0. The highest BCUT2D eigenvalue weighted by Gasteiger charge is 2.03. The normalized spacial score (nSPS) is 5.42. The molecule has 9 heteroatoms. The number of nitrogens with zero attached hydrogens (tertiary/aromatic N) is 2. The molecule has 0 fully saturated rings. The number of nitroso groups, excluding NO2 is 1. The van der Waals surface area contributed by atoms with Crippen LogP contribution >= 0.6 is 0 Å². The van der Waals surface area contributed by atoms with E-state index in [1.165, 1.54) is 0 Å². The number of hydrogen-bond donors (Lipinski definition) is 1. The molecular weight excluding hydrogens is 174 g/mol. The van der Waals surface area contributed by atoms with Crippen molar-refractivity contribution in [3.63, 3.8) is 0 Å². The number of carbonyl (C=O) groups is 1. The lowest BCUT2D eigenvalue weighted by Crippen LogP contribution is -2.30. The molecule has 0 aromatic heterocycles. The summed E-state index contributed by atoms with van der Waals surface area (Å²) >= 11 is 0. The summed E-state index contributed by atoms with van der Waals surface area (Å²) in [5.41, 5.74) is 4.65. The van der Waals surface area contributed by atoms with E-state index in [2.05, 4.69) is 11.0 Å². The van der Waals surface area contributed by atoms with E-state index in [0.717, 1.165) is 0 Å². The van der Waals surface area contributed by atoms with Gasteiger partial charge in [-0.25, -0.2) is 4.79 Å². The molecule has 0 spiro atoms. The highest BCUT2D eigenvalue weighted by atomic mass is 16.3. The Hall–Kier alpha value is -1.29. The Morgan fingerprint density at radius 3 is 1.67 bits per heavy atom. The second kappa shape index (κ2) is 16.4. The van der Waals surface area contributed by atoms with Crippen molar-refractivity contribution < 1.29 is 26.7 Å². The largest absolute Gasteiger partial charge is 0.412 e. The number of rotatable bonds is 2. The Kier molecular flexibility index (Phi) is 42.2. The molecule has 0 saturated heterocycles. The van der Waals surface area contributed by atoms with Crippen molar-refractivity contribution in [3.05, 3.63) is 4.91 Å². The summed E-state index contributed by atoms with van der Waals surface area (Å²) in [5, 5.41) is 2.94. The number of carbonyl (C=O) groups excluding carboxylic acids is 1. The van der Waals surface area contributed by atoms with Crippen molar-refractivity contribution >= 4 is 6.03 Å². The Labute approximate surface area is 68.3 Å². The van der Waals surface area contributed by atoms with Gasteiger partial charge in [0.15, 0.2) is 0 Å². The van der Waals surface area contributed by atoms with Crippen LogP contribution in [0.2, 0.25) is 0 Å². The smallest absolute Gasteiger partial charge is 0.337 e. The topological polar surface area (TPSA) is 202 Å². The molecule has 0 aliphatic carbocycles. The van der Waals surface area contributed by atoms with E-state index in [1.54, 1.807) is 6.92 Å². The quantitative estimate of drug-likeness (QED) is 0.351. The maximum atomic E-state index is 10.0. The van der Waals surface area contributed by atoms with E-state index < -0.39 is 6.03 Å². The van der Waals surface area contributed by atoms with E-state index in [0.29, 0.717) is 5.01 Å². The molecule has 0 aromatic rings. The van der Waals surface area contributed by atoms with Gasteiger partial charge in [0.25, 0.3) is 0 Å². The van der Waals surface area contributed by atoms with E-state index >= 15 is 0 Å². The molecule has 0 saturated carbocycles. The monoisotopic (exact) mass is 189 g/mol. The van der Waals surface area contributed by atoms with Gasteiger partial charge >= 0.3 is 6.03 Å². The third-order valence-electron chi connectivity index (χ3n) is 0.652. The maximum absolute atomic E-state index is 10.0. The van der Waals surface area contributed by atoms with Crippen LogP contribution in [0.4, 0.5) is 4.79 Å². The molecule has 0 bridgehead atoms. The summed E-state index contributed by atoms with van der Waals surface area (Å²) in [5.74, 6) is 0. The molecule has 2 amide bonds. The molecule has 78 valence electrons.